The van der Waals surface area contributed by atoms with Crippen LogP contribution in [-0.4, -0.2) is 6.61 Å². The van der Waals surface area contributed by atoms with E-state index in [1.54, 1.807) is 5.54 Å². The van der Waals surface area contributed by atoms with Crippen molar-refractivity contribution in [2.75, 3.05) is 6.61 Å². The van der Waals surface area contributed by atoms with Gasteiger partial charge in [-0.1, -0.05) is 61.0 Å². The van der Waals surface area contributed by atoms with Gasteiger partial charge in [-0.2, -0.15) is 0 Å². The van der Waals surface area contributed by atoms with Crippen LogP contribution in [0.4, 0.5) is 0 Å². The minimum absolute atomic E-state index is 0.705. The molecule has 2 aromatic rings. The van der Waals surface area contributed by atoms with Crippen LogP contribution in [0, 0.1) is 11.8 Å². The summed E-state index contributed by atoms with van der Waals surface area (Å²) in [7, 11) is 0. The maximum Gasteiger partial charge on any atom is 0.119 e. The number of hydrogen-bond acceptors (Lipinski definition) is 1. The van der Waals surface area contributed by atoms with Crippen molar-refractivity contribution in [1.29, 1.82) is 0 Å². The van der Waals surface area contributed by atoms with Crippen molar-refractivity contribution < 1.29 is 4.74 Å². The summed E-state index contributed by atoms with van der Waals surface area (Å²) in [5, 5.41) is 0. The van der Waals surface area contributed by atoms with Gasteiger partial charge < -0.3 is 4.74 Å². The van der Waals surface area contributed by atoms with Crippen LogP contribution in [0.25, 0.3) is 11.1 Å². The van der Waals surface area contributed by atoms with Crippen LogP contribution in [0.15, 0.2) is 60.1 Å². The van der Waals surface area contributed by atoms with Crippen LogP contribution in [0.2, 0.25) is 0 Å². The molecule has 0 saturated heterocycles. The fourth-order valence-corrected chi connectivity index (χ4v) is 4.18. The quantitative estimate of drug-likeness (QED) is 0.455. The van der Waals surface area contributed by atoms with E-state index >= 15 is 0 Å². The Balaban J connectivity index is 1.49. The zero-order chi connectivity index (χ0) is 18.9. The van der Waals surface area contributed by atoms with Gasteiger partial charge in [-0.15, -0.1) is 0 Å². The van der Waals surface area contributed by atoms with Gasteiger partial charge in [0.1, 0.15) is 5.75 Å². The van der Waals surface area contributed by atoms with Crippen molar-refractivity contribution in [1.82, 2.24) is 0 Å². The average molecular weight is 383 g/mol. The molecule has 144 valence electrons. The Kier molecular flexibility index (Phi) is 7.83. The fourth-order valence-electron chi connectivity index (χ4n) is 3.97. The van der Waals surface area contributed by atoms with E-state index in [0.717, 1.165) is 24.7 Å². The van der Waals surface area contributed by atoms with E-state index in [2.05, 4.69) is 61.5 Å². The molecule has 0 amide bonds. The van der Waals surface area contributed by atoms with Gasteiger partial charge in [-0.3, -0.25) is 0 Å². The molecule has 27 heavy (non-hydrogen) atoms. The minimum Gasteiger partial charge on any atom is -0.494 e. The lowest BCUT2D eigenvalue weighted by Crippen LogP contribution is -2.13. The molecule has 0 N–H and O–H groups in total. The second-order valence-electron chi connectivity index (χ2n) is 7.71. The van der Waals surface area contributed by atoms with Crippen LogP contribution in [0.5, 0.6) is 5.75 Å². The highest BCUT2D eigenvalue weighted by atomic mass is 35.5. The lowest BCUT2D eigenvalue weighted by molar-refractivity contribution is 0.296. The summed E-state index contributed by atoms with van der Waals surface area (Å²) < 4.78 is 5.66. The first-order valence-electron chi connectivity index (χ1n) is 10.4. The molecule has 0 unspecified atom stereocenters. The summed E-state index contributed by atoms with van der Waals surface area (Å²) in [5.74, 6) is 2.53. The molecule has 1 nitrogen and oxygen atoms in total. The first-order chi connectivity index (χ1) is 13.3. The number of halogens is 1. The molecule has 1 fully saturated rings. The van der Waals surface area contributed by atoms with E-state index < -0.39 is 0 Å². The summed E-state index contributed by atoms with van der Waals surface area (Å²) >= 11 is 5.71. The Bertz CT molecular complexity index is 694. The second-order valence-corrected chi connectivity index (χ2v) is 7.96. The Morgan fingerprint density at radius 2 is 1.56 bits per heavy atom. The van der Waals surface area contributed by atoms with Crippen molar-refractivity contribution in [3.8, 4) is 16.9 Å². The standard InChI is InChI=1S/C25H31ClO/c1-2-19-27-25-15-13-24(14-16-25)23-11-9-21(10-12-23)4-3-20-5-7-22(8-6-20)17-18-26/h9-18,20,22H,2-8,19H2,1H3/b18-17+. The van der Waals surface area contributed by atoms with Crippen LogP contribution in [-0.2, 0) is 6.42 Å². The highest BCUT2D eigenvalue weighted by molar-refractivity contribution is 6.25. The van der Waals surface area contributed by atoms with Gasteiger partial charge in [-0.25, -0.2) is 0 Å². The fraction of sp³-hybridized carbons (Fsp3) is 0.440. The molecule has 0 aromatic heterocycles. The monoisotopic (exact) mass is 382 g/mol. The number of benzene rings is 2. The van der Waals surface area contributed by atoms with Gasteiger partial charge >= 0.3 is 0 Å². The third-order valence-electron chi connectivity index (χ3n) is 5.69. The second kappa shape index (κ2) is 10.6. The molecule has 0 spiro atoms. The average Bonchev–Trinajstić information content (AvgIpc) is 2.73. The first-order valence-corrected chi connectivity index (χ1v) is 10.8. The molecule has 0 aliphatic heterocycles. The molecule has 0 radical (unpaired) electrons. The van der Waals surface area contributed by atoms with E-state index in [-0.39, 0.29) is 0 Å². The molecule has 2 heteroatoms. The molecule has 3 rings (SSSR count). The van der Waals surface area contributed by atoms with E-state index in [1.807, 2.05) is 0 Å². The van der Waals surface area contributed by atoms with E-state index in [9.17, 15) is 0 Å². The van der Waals surface area contributed by atoms with Crippen LogP contribution >= 0.6 is 11.6 Å². The minimum atomic E-state index is 0.705. The lowest BCUT2D eigenvalue weighted by atomic mass is 9.79. The van der Waals surface area contributed by atoms with Gasteiger partial charge in [-0.05, 0) is 85.6 Å². The van der Waals surface area contributed by atoms with Crippen LogP contribution in [0.1, 0.15) is 51.0 Å². The van der Waals surface area contributed by atoms with Gasteiger partial charge in [0.25, 0.3) is 0 Å². The first kappa shape index (κ1) is 20.0. The predicted molar refractivity (Wildman–Crippen MR) is 116 cm³/mol. The molecule has 0 atom stereocenters. The Morgan fingerprint density at radius 1 is 0.926 bits per heavy atom. The number of allylic oxidation sites excluding steroid dienone is 1. The summed E-state index contributed by atoms with van der Waals surface area (Å²) in [6, 6.07) is 17.5. The van der Waals surface area contributed by atoms with E-state index in [0.29, 0.717) is 5.92 Å². The molecule has 1 saturated carbocycles. The zero-order valence-corrected chi connectivity index (χ0v) is 17.1. The molecule has 1 aliphatic carbocycles. The molecular weight excluding hydrogens is 352 g/mol. The maximum atomic E-state index is 5.71. The molecule has 1 aliphatic rings. The van der Waals surface area contributed by atoms with Crippen molar-refractivity contribution in [2.45, 2.75) is 51.9 Å². The third-order valence-corrected chi connectivity index (χ3v) is 5.84. The third kappa shape index (κ3) is 6.14. The predicted octanol–water partition coefficient (Wildman–Crippen LogP) is 7.63. The van der Waals surface area contributed by atoms with Crippen molar-refractivity contribution in [3.05, 3.63) is 65.7 Å². The topological polar surface area (TPSA) is 9.23 Å². The van der Waals surface area contributed by atoms with Crippen molar-refractivity contribution in [3.63, 3.8) is 0 Å². The molecule has 0 heterocycles. The van der Waals surface area contributed by atoms with Gasteiger partial charge in [0.05, 0.1) is 6.61 Å². The zero-order valence-electron chi connectivity index (χ0n) is 16.4. The maximum absolute atomic E-state index is 5.71. The molecule has 2 aromatic carbocycles. The highest BCUT2D eigenvalue weighted by Crippen LogP contribution is 2.32. The molecular formula is C25H31ClO. The van der Waals surface area contributed by atoms with E-state index in [1.165, 1.54) is 55.2 Å². The number of hydrogen-bond donors (Lipinski definition) is 0. The summed E-state index contributed by atoms with van der Waals surface area (Å²) in [5.41, 5.74) is 5.66. The largest absolute Gasteiger partial charge is 0.494 e. The molecule has 0 bridgehead atoms. The smallest absolute Gasteiger partial charge is 0.119 e. The lowest BCUT2D eigenvalue weighted by Gasteiger charge is -2.26. The van der Waals surface area contributed by atoms with Gasteiger partial charge in [0.2, 0.25) is 0 Å². The highest BCUT2D eigenvalue weighted by Gasteiger charge is 2.19. The van der Waals surface area contributed by atoms with Crippen LogP contribution in [0.3, 0.4) is 0 Å². The van der Waals surface area contributed by atoms with Crippen molar-refractivity contribution in [2.24, 2.45) is 11.8 Å². The SMILES string of the molecule is CCCOc1ccc(-c2ccc(CCC3CCC(/C=C/Cl)CC3)cc2)cc1. The van der Waals surface area contributed by atoms with E-state index in [4.69, 9.17) is 16.3 Å². The summed E-state index contributed by atoms with van der Waals surface area (Å²) in [4.78, 5) is 0. The summed E-state index contributed by atoms with van der Waals surface area (Å²) in [6.07, 6.45) is 11.0. The number of rotatable bonds is 8. The number of aryl methyl sites for hydroxylation is 1. The Morgan fingerprint density at radius 3 is 2.15 bits per heavy atom. The number of ether oxygens (including phenoxy) is 1. The van der Waals surface area contributed by atoms with Gasteiger partial charge in [0, 0.05) is 5.54 Å². The Hall–Kier alpha value is -1.73. The van der Waals surface area contributed by atoms with Crippen LogP contribution < -0.4 is 4.74 Å². The van der Waals surface area contributed by atoms with Gasteiger partial charge in [0.15, 0.2) is 0 Å². The summed E-state index contributed by atoms with van der Waals surface area (Å²) in [6.45, 7) is 2.90. The Labute approximate surface area is 169 Å². The van der Waals surface area contributed by atoms with Crippen molar-refractivity contribution >= 4 is 11.6 Å². The normalized spacial score (nSPS) is 20.1.